The van der Waals surface area contributed by atoms with Crippen LogP contribution in [0.15, 0.2) is 54.9 Å². The van der Waals surface area contributed by atoms with E-state index in [-0.39, 0.29) is 29.7 Å². The number of anilines is 3. The molecule has 1 saturated carbocycles. The van der Waals surface area contributed by atoms with Crippen molar-refractivity contribution in [2.75, 3.05) is 57.0 Å². The maximum atomic E-state index is 16.2. The Hall–Kier alpha value is -4.91. The standard InChI is InChI=1S/C41H50FN9O3/c1-48(2)39(54)34-23-30-25-44-40(47-37(30)51(34)31-7-3-4-8-31)45-35-12-10-29(24-43-35)27-14-18-49(19-15-27)26-41(42)16-20-50(21-17-41)32-9-5-6-28(22-32)33-11-13-36(52)46-38(33)53/h5-6,9-10,12,22-25,27,31,33H,3-4,7-8,11,13-21,26H2,1-2H3,(H,46,52,53)(H,43,44,45,47). The highest BCUT2D eigenvalue weighted by atomic mass is 19.1. The van der Waals surface area contributed by atoms with Gasteiger partial charge in [-0.1, -0.05) is 31.0 Å². The van der Waals surface area contributed by atoms with E-state index in [0.29, 0.717) is 68.7 Å². The van der Waals surface area contributed by atoms with Crippen LogP contribution in [0.2, 0.25) is 0 Å². The lowest BCUT2D eigenvalue weighted by atomic mass is 9.87. The quantitative estimate of drug-likeness (QED) is 0.196. The van der Waals surface area contributed by atoms with E-state index in [4.69, 9.17) is 9.97 Å². The molecule has 4 aromatic rings. The molecule has 4 fully saturated rings. The summed E-state index contributed by atoms with van der Waals surface area (Å²) in [5.74, 6) is 0.666. The number of pyridine rings is 1. The van der Waals surface area contributed by atoms with Crippen molar-refractivity contribution in [2.45, 2.75) is 87.8 Å². The summed E-state index contributed by atoms with van der Waals surface area (Å²) < 4.78 is 18.3. The maximum absolute atomic E-state index is 16.2. The molecule has 1 aliphatic carbocycles. The van der Waals surface area contributed by atoms with Crippen LogP contribution in [0.3, 0.4) is 0 Å². The molecule has 1 atom stereocenters. The maximum Gasteiger partial charge on any atom is 0.270 e. The van der Waals surface area contributed by atoms with Gasteiger partial charge in [0.2, 0.25) is 17.8 Å². The number of carbonyl (C=O) groups excluding carboxylic acids is 3. The Morgan fingerprint density at radius 2 is 1.72 bits per heavy atom. The van der Waals surface area contributed by atoms with Crippen LogP contribution < -0.4 is 15.5 Å². The lowest BCUT2D eigenvalue weighted by molar-refractivity contribution is -0.134. The summed E-state index contributed by atoms with van der Waals surface area (Å²) in [6.45, 7) is 3.40. The Morgan fingerprint density at radius 1 is 0.944 bits per heavy atom. The smallest absolute Gasteiger partial charge is 0.270 e. The molecule has 4 aliphatic rings. The largest absolute Gasteiger partial charge is 0.371 e. The third-order valence-electron chi connectivity index (χ3n) is 12.0. The van der Waals surface area contributed by atoms with E-state index in [9.17, 15) is 14.4 Å². The highest BCUT2D eigenvalue weighted by Crippen LogP contribution is 2.37. The van der Waals surface area contributed by atoms with E-state index in [1.165, 1.54) is 5.56 Å². The van der Waals surface area contributed by atoms with Gasteiger partial charge >= 0.3 is 0 Å². The molecule has 284 valence electrons. The minimum absolute atomic E-state index is 0.0319. The molecule has 13 heteroatoms. The van der Waals surface area contributed by atoms with Crippen molar-refractivity contribution in [3.63, 3.8) is 0 Å². The summed E-state index contributed by atoms with van der Waals surface area (Å²) in [7, 11) is 3.55. The molecule has 1 unspecified atom stereocenters. The van der Waals surface area contributed by atoms with Gasteiger partial charge in [0, 0.05) is 82.5 Å². The van der Waals surface area contributed by atoms with Crippen molar-refractivity contribution >= 4 is 46.2 Å². The van der Waals surface area contributed by atoms with Gasteiger partial charge < -0.3 is 24.6 Å². The fourth-order valence-corrected chi connectivity index (χ4v) is 8.93. The molecule has 2 N–H and O–H groups in total. The Labute approximate surface area is 315 Å². The first kappa shape index (κ1) is 36.1. The van der Waals surface area contributed by atoms with E-state index in [1.54, 1.807) is 25.2 Å². The van der Waals surface area contributed by atoms with Gasteiger partial charge in [0.05, 0.1) is 5.92 Å². The van der Waals surface area contributed by atoms with Crippen molar-refractivity contribution in [2.24, 2.45) is 0 Å². The van der Waals surface area contributed by atoms with Crippen LogP contribution in [0.5, 0.6) is 0 Å². The number of halogens is 1. The predicted octanol–water partition coefficient (Wildman–Crippen LogP) is 6.10. The number of nitrogens with one attached hydrogen (secondary N) is 2. The van der Waals surface area contributed by atoms with Crippen LogP contribution in [0.4, 0.5) is 21.8 Å². The molecule has 8 rings (SSSR count). The molecular weight excluding hydrogens is 686 g/mol. The second kappa shape index (κ2) is 15.1. The Morgan fingerprint density at radius 3 is 2.43 bits per heavy atom. The third-order valence-corrected chi connectivity index (χ3v) is 12.0. The van der Waals surface area contributed by atoms with Crippen LogP contribution in [0.1, 0.15) is 104 Å². The van der Waals surface area contributed by atoms with Gasteiger partial charge in [-0.05, 0) is 86.5 Å². The van der Waals surface area contributed by atoms with Gasteiger partial charge in [0.15, 0.2) is 0 Å². The summed E-state index contributed by atoms with van der Waals surface area (Å²) in [5.41, 5.74) is 3.29. The number of nitrogens with zero attached hydrogens (tertiary/aromatic N) is 7. The molecule has 0 bridgehead atoms. The Kier molecular flexibility index (Phi) is 10.1. The van der Waals surface area contributed by atoms with Gasteiger partial charge in [-0.15, -0.1) is 0 Å². The molecule has 3 saturated heterocycles. The molecule has 54 heavy (non-hydrogen) atoms. The molecule has 0 radical (unpaired) electrons. The lowest BCUT2D eigenvalue weighted by Crippen LogP contribution is -2.49. The van der Waals surface area contributed by atoms with E-state index < -0.39 is 5.67 Å². The number of fused-ring (bicyclic) bond motifs is 1. The highest BCUT2D eigenvalue weighted by Gasteiger charge is 2.38. The summed E-state index contributed by atoms with van der Waals surface area (Å²) in [6.07, 6.45) is 11.8. The number of alkyl halides is 1. The Balaban J connectivity index is 0.840. The number of piperidine rings is 3. The lowest BCUT2D eigenvalue weighted by Gasteiger charge is -2.42. The number of rotatable bonds is 9. The molecule has 3 aliphatic heterocycles. The monoisotopic (exact) mass is 735 g/mol. The fourth-order valence-electron chi connectivity index (χ4n) is 8.93. The zero-order valence-corrected chi connectivity index (χ0v) is 31.3. The van der Waals surface area contributed by atoms with Gasteiger partial charge in [-0.25, -0.2) is 14.4 Å². The second-order valence-corrected chi connectivity index (χ2v) is 15.9. The molecule has 0 spiro atoms. The number of aromatic nitrogens is 4. The first-order chi connectivity index (χ1) is 26.1. The summed E-state index contributed by atoms with van der Waals surface area (Å²) in [6, 6.07) is 14.2. The number of benzene rings is 1. The average molecular weight is 736 g/mol. The third kappa shape index (κ3) is 7.55. The molecular formula is C41H50FN9O3. The normalized spacial score (nSPS) is 21.4. The minimum Gasteiger partial charge on any atom is -0.371 e. The first-order valence-corrected chi connectivity index (χ1v) is 19.5. The average Bonchev–Trinajstić information content (AvgIpc) is 3.84. The van der Waals surface area contributed by atoms with Gasteiger partial charge in [-0.2, -0.15) is 4.98 Å². The number of hydrogen-bond donors (Lipinski definition) is 2. The molecule has 6 heterocycles. The first-order valence-electron chi connectivity index (χ1n) is 19.5. The highest BCUT2D eigenvalue weighted by molar-refractivity contribution is 6.01. The second-order valence-electron chi connectivity index (χ2n) is 15.9. The van der Waals surface area contributed by atoms with E-state index in [1.807, 2.05) is 42.6 Å². The number of hydrogen-bond acceptors (Lipinski definition) is 9. The van der Waals surface area contributed by atoms with Gasteiger partial charge in [0.1, 0.15) is 22.8 Å². The SMILES string of the molecule is CN(C)C(=O)c1cc2cnc(Nc3ccc(C4CCN(CC5(F)CCN(c6cccc(C7CCC(=O)NC7=O)c6)CC5)CC4)cn3)nc2n1C1CCCC1. The van der Waals surface area contributed by atoms with Crippen LogP contribution in [0.25, 0.3) is 11.0 Å². The summed E-state index contributed by atoms with van der Waals surface area (Å²) in [5, 5.41) is 6.58. The molecule has 3 amide bonds. The van der Waals surface area contributed by atoms with Crippen LogP contribution in [-0.2, 0) is 9.59 Å². The van der Waals surface area contributed by atoms with Crippen molar-refractivity contribution in [3.05, 3.63) is 71.7 Å². The van der Waals surface area contributed by atoms with Gasteiger partial charge in [0.25, 0.3) is 5.91 Å². The van der Waals surface area contributed by atoms with Crippen LogP contribution in [-0.4, -0.2) is 99.5 Å². The zero-order valence-electron chi connectivity index (χ0n) is 31.3. The van der Waals surface area contributed by atoms with Crippen molar-refractivity contribution < 1.29 is 18.8 Å². The molecule has 3 aromatic heterocycles. The predicted molar refractivity (Wildman–Crippen MR) is 206 cm³/mol. The van der Waals surface area contributed by atoms with Crippen molar-refractivity contribution in [1.82, 2.24) is 34.6 Å². The summed E-state index contributed by atoms with van der Waals surface area (Å²) >= 11 is 0. The van der Waals surface area contributed by atoms with Crippen LogP contribution in [0, 0.1) is 0 Å². The number of carbonyl (C=O) groups is 3. The van der Waals surface area contributed by atoms with E-state index >= 15 is 4.39 Å². The summed E-state index contributed by atoms with van der Waals surface area (Å²) in [4.78, 5) is 57.3. The number of amides is 3. The van der Waals surface area contributed by atoms with Gasteiger partial charge in [-0.3, -0.25) is 19.7 Å². The van der Waals surface area contributed by atoms with Crippen molar-refractivity contribution in [3.8, 4) is 0 Å². The van der Waals surface area contributed by atoms with E-state index in [0.717, 1.165) is 73.9 Å². The Bertz CT molecular complexity index is 2010. The number of imide groups is 1. The van der Waals surface area contributed by atoms with Crippen LogP contribution >= 0.6 is 0 Å². The fraction of sp³-hybridized carbons (Fsp3) is 0.512. The minimum atomic E-state index is -1.23. The van der Waals surface area contributed by atoms with E-state index in [2.05, 4.69) is 36.1 Å². The topological polar surface area (TPSA) is 129 Å². The number of likely N-dealkylation sites (tertiary alicyclic amines) is 1. The zero-order chi connectivity index (χ0) is 37.4. The molecule has 1 aromatic carbocycles. The molecule has 12 nitrogen and oxygen atoms in total. The van der Waals surface area contributed by atoms with Crippen molar-refractivity contribution in [1.29, 1.82) is 0 Å².